The predicted molar refractivity (Wildman–Crippen MR) is 145 cm³/mol. The molecule has 6 nitrogen and oxygen atoms in total. The molecular formula is C28H50N4O2. The number of rotatable bonds is 8. The van der Waals surface area contributed by atoms with Crippen molar-refractivity contribution < 1.29 is 9.59 Å². The fourth-order valence-electron chi connectivity index (χ4n) is 4.24. The Kier molecular flexibility index (Phi) is 11.9. The van der Waals surface area contributed by atoms with Gasteiger partial charge in [0.2, 0.25) is 0 Å². The van der Waals surface area contributed by atoms with Gasteiger partial charge in [-0.2, -0.15) is 0 Å². The second-order valence-electron chi connectivity index (χ2n) is 10.9. The van der Waals surface area contributed by atoms with Crippen LogP contribution in [0.1, 0.15) is 94.2 Å². The first kappa shape index (κ1) is 31.5. The molecule has 0 aliphatic carbocycles. The topological polar surface area (TPSA) is 64.7 Å². The second kappa shape index (κ2) is 12.8. The smallest absolute Gasteiger partial charge is 0.318 e. The standard InChI is InChI=1S/C26H46N4O2.C2H4/c1-17(2)29(18(3)4)23(31)27-25(9,10)21-14-13-15-22(16-21)26(11,12)28-24(32)30(19(5)6)20(7)8;1-2/h13-20H,1-12H3,(H,27,31)(H,28,32);1-2H2. The van der Waals surface area contributed by atoms with Crippen molar-refractivity contribution in [3.63, 3.8) is 0 Å². The molecule has 0 saturated heterocycles. The Hall–Kier alpha value is -2.50. The van der Waals surface area contributed by atoms with Crippen molar-refractivity contribution in [3.8, 4) is 0 Å². The number of hydrogen-bond donors (Lipinski definition) is 2. The van der Waals surface area contributed by atoms with Gasteiger partial charge in [-0.05, 0) is 94.2 Å². The van der Waals surface area contributed by atoms with E-state index in [1.54, 1.807) is 0 Å². The Morgan fingerprint density at radius 1 is 0.676 bits per heavy atom. The van der Waals surface area contributed by atoms with Gasteiger partial charge in [0.05, 0.1) is 11.1 Å². The molecule has 34 heavy (non-hydrogen) atoms. The molecule has 0 saturated carbocycles. The van der Waals surface area contributed by atoms with Gasteiger partial charge in [-0.15, -0.1) is 13.2 Å². The fraction of sp³-hybridized carbons (Fsp3) is 0.643. The summed E-state index contributed by atoms with van der Waals surface area (Å²) >= 11 is 0. The van der Waals surface area contributed by atoms with Crippen molar-refractivity contribution in [1.82, 2.24) is 20.4 Å². The average molecular weight is 475 g/mol. The quantitative estimate of drug-likeness (QED) is 0.416. The van der Waals surface area contributed by atoms with E-state index in [0.29, 0.717) is 0 Å². The Labute approximate surface area is 209 Å². The molecule has 0 aliphatic heterocycles. The molecule has 0 unspecified atom stereocenters. The summed E-state index contributed by atoms with van der Waals surface area (Å²) in [5.41, 5.74) is 0.833. The van der Waals surface area contributed by atoms with Crippen LogP contribution < -0.4 is 10.6 Å². The molecule has 2 N–H and O–H groups in total. The highest BCUT2D eigenvalue weighted by Crippen LogP contribution is 2.27. The van der Waals surface area contributed by atoms with Gasteiger partial charge >= 0.3 is 12.1 Å². The highest BCUT2D eigenvalue weighted by atomic mass is 16.2. The van der Waals surface area contributed by atoms with Crippen LogP contribution in [-0.2, 0) is 11.1 Å². The maximum absolute atomic E-state index is 13.0. The van der Waals surface area contributed by atoms with E-state index in [1.807, 2.05) is 111 Å². The first-order chi connectivity index (χ1) is 15.5. The van der Waals surface area contributed by atoms with Gasteiger partial charge in [0.15, 0.2) is 0 Å². The zero-order valence-corrected chi connectivity index (χ0v) is 23.7. The maximum atomic E-state index is 13.0. The highest BCUT2D eigenvalue weighted by Gasteiger charge is 2.31. The Balaban J connectivity index is 0.00000529. The molecule has 0 heterocycles. The van der Waals surface area contributed by atoms with Crippen molar-refractivity contribution in [1.29, 1.82) is 0 Å². The largest absolute Gasteiger partial charge is 0.329 e. The number of carbonyl (C=O) groups is 2. The van der Waals surface area contributed by atoms with Crippen molar-refractivity contribution in [2.45, 2.75) is 118 Å². The molecule has 194 valence electrons. The van der Waals surface area contributed by atoms with Crippen LogP contribution in [-0.4, -0.2) is 46.0 Å². The van der Waals surface area contributed by atoms with Gasteiger partial charge < -0.3 is 20.4 Å². The minimum atomic E-state index is -0.572. The van der Waals surface area contributed by atoms with E-state index in [9.17, 15) is 9.59 Å². The summed E-state index contributed by atoms with van der Waals surface area (Å²) in [6.45, 7) is 30.2. The fourth-order valence-corrected chi connectivity index (χ4v) is 4.24. The van der Waals surface area contributed by atoms with Crippen LogP contribution in [0.15, 0.2) is 37.4 Å². The number of hydrogen-bond acceptors (Lipinski definition) is 2. The molecule has 1 rings (SSSR count). The van der Waals surface area contributed by atoms with Gasteiger partial charge in [0.1, 0.15) is 0 Å². The van der Waals surface area contributed by atoms with Crippen LogP contribution in [0, 0.1) is 0 Å². The van der Waals surface area contributed by atoms with E-state index in [4.69, 9.17) is 0 Å². The molecule has 0 aliphatic rings. The summed E-state index contributed by atoms with van der Waals surface area (Å²) in [5, 5.41) is 6.39. The molecule has 0 bridgehead atoms. The number of benzene rings is 1. The summed E-state index contributed by atoms with van der Waals surface area (Å²) in [4.78, 5) is 29.7. The molecule has 1 aromatic rings. The average Bonchev–Trinajstić information content (AvgIpc) is 2.67. The molecule has 0 spiro atoms. The van der Waals surface area contributed by atoms with Gasteiger partial charge in [-0.25, -0.2) is 9.59 Å². The summed E-state index contributed by atoms with van der Waals surface area (Å²) in [6.07, 6.45) is 0. The van der Waals surface area contributed by atoms with Crippen LogP contribution in [0.2, 0.25) is 0 Å². The summed E-state index contributed by atoms with van der Waals surface area (Å²) in [5.74, 6) is 0. The monoisotopic (exact) mass is 474 g/mol. The third kappa shape index (κ3) is 8.37. The lowest BCUT2D eigenvalue weighted by Gasteiger charge is -2.37. The summed E-state index contributed by atoms with van der Waals surface area (Å²) in [6, 6.07) is 8.36. The van der Waals surface area contributed by atoms with Gasteiger partial charge in [-0.3, -0.25) is 0 Å². The van der Waals surface area contributed by atoms with Crippen molar-refractivity contribution in [2.24, 2.45) is 0 Å². The zero-order valence-electron chi connectivity index (χ0n) is 23.7. The van der Waals surface area contributed by atoms with E-state index in [-0.39, 0.29) is 36.2 Å². The zero-order chi connectivity index (χ0) is 27.0. The van der Waals surface area contributed by atoms with E-state index >= 15 is 0 Å². The van der Waals surface area contributed by atoms with Crippen LogP contribution in [0.5, 0.6) is 0 Å². The molecule has 0 aromatic heterocycles. The molecule has 0 radical (unpaired) electrons. The van der Waals surface area contributed by atoms with E-state index < -0.39 is 11.1 Å². The first-order valence-electron chi connectivity index (χ1n) is 12.3. The number of nitrogens with zero attached hydrogens (tertiary/aromatic N) is 2. The maximum Gasteiger partial charge on any atom is 0.318 e. The predicted octanol–water partition coefficient (Wildman–Crippen LogP) is 6.62. The third-order valence-electron chi connectivity index (χ3n) is 5.84. The lowest BCUT2D eigenvalue weighted by Crippen LogP contribution is -2.53. The third-order valence-corrected chi connectivity index (χ3v) is 5.84. The lowest BCUT2D eigenvalue weighted by molar-refractivity contribution is 0.155. The van der Waals surface area contributed by atoms with Gasteiger partial charge in [0, 0.05) is 24.2 Å². The molecule has 6 heteroatoms. The van der Waals surface area contributed by atoms with Crippen LogP contribution in [0.4, 0.5) is 9.59 Å². The highest BCUT2D eigenvalue weighted by molar-refractivity contribution is 5.76. The number of nitrogens with one attached hydrogen (secondary N) is 2. The van der Waals surface area contributed by atoms with Crippen LogP contribution in [0.25, 0.3) is 0 Å². The molecule has 0 atom stereocenters. The minimum absolute atomic E-state index is 0.0810. The molecule has 4 amide bonds. The Bertz CT molecular complexity index is 720. The van der Waals surface area contributed by atoms with Crippen LogP contribution >= 0.6 is 0 Å². The molecular weight excluding hydrogens is 424 g/mol. The Morgan fingerprint density at radius 2 is 0.941 bits per heavy atom. The first-order valence-corrected chi connectivity index (χ1v) is 12.3. The SMILES string of the molecule is C=C.CC(C)N(C(=O)NC(C)(C)c1cccc(C(C)(C)NC(=O)N(C(C)C)C(C)C)c1)C(C)C. The number of carbonyl (C=O) groups excluding carboxylic acids is 2. The normalized spacial score (nSPS) is 11.9. The minimum Gasteiger partial charge on any atom is -0.329 e. The van der Waals surface area contributed by atoms with Crippen LogP contribution in [0.3, 0.4) is 0 Å². The molecule has 1 aromatic carbocycles. The lowest BCUT2D eigenvalue weighted by atomic mass is 9.87. The van der Waals surface area contributed by atoms with E-state index in [2.05, 4.69) is 29.9 Å². The molecule has 0 fully saturated rings. The van der Waals surface area contributed by atoms with Crippen molar-refractivity contribution in [3.05, 3.63) is 48.6 Å². The van der Waals surface area contributed by atoms with Gasteiger partial charge in [-0.1, -0.05) is 24.3 Å². The number of amides is 4. The van der Waals surface area contributed by atoms with Crippen molar-refractivity contribution >= 4 is 12.1 Å². The van der Waals surface area contributed by atoms with E-state index in [0.717, 1.165) is 11.1 Å². The van der Waals surface area contributed by atoms with Gasteiger partial charge in [0.25, 0.3) is 0 Å². The second-order valence-corrected chi connectivity index (χ2v) is 10.9. The Morgan fingerprint density at radius 3 is 1.18 bits per heavy atom. The van der Waals surface area contributed by atoms with E-state index in [1.165, 1.54) is 0 Å². The number of urea groups is 2. The van der Waals surface area contributed by atoms with Crippen molar-refractivity contribution in [2.75, 3.05) is 0 Å². The summed E-state index contributed by atoms with van der Waals surface area (Å²) in [7, 11) is 0. The summed E-state index contributed by atoms with van der Waals surface area (Å²) < 4.78 is 0.